The van der Waals surface area contributed by atoms with Crippen molar-refractivity contribution >= 4 is 6.29 Å². The molecule has 0 saturated heterocycles. The summed E-state index contributed by atoms with van der Waals surface area (Å²) >= 11 is 0. The Kier molecular flexibility index (Phi) is 4.12. The van der Waals surface area contributed by atoms with Gasteiger partial charge in [0.1, 0.15) is 6.29 Å². The highest BCUT2D eigenvalue weighted by Crippen LogP contribution is 2.45. The van der Waals surface area contributed by atoms with Crippen LogP contribution in [-0.2, 0) is 4.79 Å². The van der Waals surface area contributed by atoms with Crippen LogP contribution < -0.4 is 0 Å². The van der Waals surface area contributed by atoms with Crippen molar-refractivity contribution < 1.29 is 4.79 Å². The van der Waals surface area contributed by atoms with E-state index in [0.29, 0.717) is 5.92 Å². The quantitative estimate of drug-likeness (QED) is 0.516. The molecule has 0 unspecified atom stereocenters. The van der Waals surface area contributed by atoms with E-state index in [4.69, 9.17) is 0 Å². The second kappa shape index (κ2) is 4.99. The molecule has 0 aromatic heterocycles. The second-order valence-corrected chi connectivity index (χ2v) is 5.83. The minimum Gasteiger partial charge on any atom is -0.303 e. The van der Waals surface area contributed by atoms with Gasteiger partial charge in [0.2, 0.25) is 0 Å². The number of carbonyl (C=O) groups excluding carboxylic acids is 1. The Bertz CT molecular complexity index is 316. The molecule has 0 saturated carbocycles. The maximum Gasteiger partial charge on any atom is 0.127 e. The van der Waals surface area contributed by atoms with Crippen LogP contribution in [0.3, 0.4) is 0 Å². The molecule has 0 fully saturated rings. The maximum absolute atomic E-state index is 11.2. The number of hydrogen-bond acceptors (Lipinski definition) is 1. The Morgan fingerprint density at radius 2 is 2.12 bits per heavy atom. The van der Waals surface area contributed by atoms with Crippen molar-refractivity contribution in [2.75, 3.05) is 0 Å². The Morgan fingerprint density at radius 3 is 2.62 bits per heavy atom. The van der Waals surface area contributed by atoms with E-state index in [1.54, 1.807) is 0 Å². The van der Waals surface area contributed by atoms with Crippen molar-refractivity contribution in [2.24, 2.45) is 17.3 Å². The molecule has 1 heteroatoms. The molecule has 1 nitrogen and oxygen atoms in total. The van der Waals surface area contributed by atoms with E-state index in [1.807, 2.05) is 0 Å². The summed E-state index contributed by atoms with van der Waals surface area (Å²) in [5, 5.41) is 0. The van der Waals surface area contributed by atoms with Crippen LogP contribution in [0.25, 0.3) is 0 Å². The highest BCUT2D eigenvalue weighted by molar-refractivity contribution is 5.60. The second-order valence-electron chi connectivity index (χ2n) is 5.83. The van der Waals surface area contributed by atoms with Crippen LogP contribution in [0.5, 0.6) is 0 Å². The van der Waals surface area contributed by atoms with Crippen LogP contribution in [0, 0.1) is 17.3 Å². The third-order valence-corrected chi connectivity index (χ3v) is 4.02. The SMILES string of the molecule is CC(C)=CC[C@H]1CC=C(C)[C@H](C=O)C1(C)C. The van der Waals surface area contributed by atoms with Crippen molar-refractivity contribution in [3.63, 3.8) is 0 Å². The lowest BCUT2D eigenvalue weighted by Gasteiger charge is -2.42. The van der Waals surface area contributed by atoms with Gasteiger partial charge in [-0.05, 0) is 44.9 Å². The van der Waals surface area contributed by atoms with Gasteiger partial charge >= 0.3 is 0 Å². The molecule has 0 aromatic rings. The molecule has 0 bridgehead atoms. The average Bonchev–Trinajstić information content (AvgIpc) is 2.15. The van der Waals surface area contributed by atoms with Gasteiger partial charge in [0.15, 0.2) is 0 Å². The highest BCUT2D eigenvalue weighted by atomic mass is 16.1. The molecule has 1 aliphatic carbocycles. The van der Waals surface area contributed by atoms with E-state index < -0.39 is 0 Å². The van der Waals surface area contributed by atoms with Crippen LogP contribution in [0.2, 0.25) is 0 Å². The molecule has 0 aromatic carbocycles. The number of rotatable bonds is 3. The zero-order valence-corrected chi connectivity index (χ0v) is 11.2. The summed E-state index contributed by atoms with van der Waals surface area (Å²) in [7, 11) is 0. The Balaban J connectivity index is 2.89. The van der Waals surface area contributed by atoms with E-state index >= 15 is 0 Å². The standard InChI is InChI=1S/C15H24O/c1-11(2)6-8-13-9-7-12(3)14(10-16)15(13,4)5/h6-7,10,13-14H,8-9H2,1-5H3/t13-,14-/m0/s1. The largest absolute Gasteiger partial charge is 0.303 e. The third kappa shape index (κ3) is 2.63. The average molecular weight is 220 g/mol. The highest BCUT2D eigenvalue weighted by Gasteiger charge is 2.39. The first-order chi connectivity index (χ1) is 7.39. The predicted octanol–water partition coefficient (Wildman–Crippen LogP) is 4.15. The molecule has 1 aliphatic rings. The monoisotopic (exact) mass is 220 g/mol. The summed E-state index contributed by atoms with van der Waals surface area (Å²) in [5.41, 5.74) is 2.70. The van der Waals surface area contributed by atoms with Gasteiger partial charge in [-0.2, -0.15) is 0 Å². The summed E-state index contributed by atoms with van der Waals surface area (Å²) in [5.74, 6) is 0.679. The molecule has 2 atom stereocenters. The Hall–Kier alpha value is -0.850. The fraction of sp³-hybridized carbons (Fsp3) is 0.667. The first kappa shape index (κ1) is 13.2. The first-order valence-corrected chi connectivity index (χ1v) is 6.15. The summed E-state index contributed by atoms with van der Waals surface area (Å²) in [6.45, 7) is 10.8. The molecular weight excluding hydrogens is 196 g/mol. The van der Waals surface area contributed by atoms with Gasteiger partial charge < -0.3 is 4.79 Å². The lowest BCUT2D eigenvalue weighted by atomic mass is 9.62. The minimum atomic E-state index is 0.0898. The van der Waals surface area contributed by atoms with Crippen LogP contribution >= 0.6 is 0 Å². The number of aldehydes is 1. The predicted molar refractivity (Wildman–Crippen MR) is 69.2 cm³/mol. The zero-order valence-electron chi connectivity index (χ0n) is 11.2. The molecule has 0 heterocycles. The first-order valence-electron chi connectivity index (χ1n) is 6.15. The third-order valence-electron chi connectivity index (χ3n) is 4.02. The van der Waals surface area contributed by atoms with Gasteiger partial charge in [0.05, 0.1) is 0 Å². The van der Waals surface area contributed by atoms with Gasteiger partial charge in [-0.3, -0.25) is 0 Å². The summed E-state index contributed by atoms with van der Waals surface area (Å²) in [6, 6.07) is 0. The summed E-state index contributed by atoms with van der Waals surface area (Å²) < 4.78 is 0. The molecule has 0 spiro atoms. The van der Waals surface area contributed by atoms with Crippen LogP contribution in [0.4, 0.5) is 0 Å². The molecule has 1 rings (SSSR count). The summed E-state index contributed by atoms with van der Waals surface area (Å²) in [6.07, 6.45) is 7.85. The zero-order chi connectivity index (χ0) is 12.3. The van der Waals surface area contributed by atoms with Crippen LogP contribution in [0.1, 0.15) is 47.5 Å². The van der Waals surface area contributed by atoms with Gasteiger partial charge in [-0.1, -0.05) is 37.1 Å². The van der Waals surface area contributed by atoms with Crippen LogP contribution in [0.15, 0.2) is 23.3 Å². The molecular formula is C15H24O. The van der Waals surface area contributed by atoms with Gasteiger partial charge in [0.25, 0.3) is 0 Å². The lowest BCUT2D eigenvalue weighted by molar-refractivity contribution is -0.114. The fourth-order valence-electron chi connectivity index (χ4n) is 2.66. The van der Waals surface area contributed by atoms with Gasteiger partial charge in [0, 0.05) is 5.92 Å². The molecule has 16 heavy (non-hydrogen) atoms. The van der Waals surface area contributed by atoms with E-state index in [2.05, 4.69) is 46.8 Å². The molecule has 0 amide bonds. The molecule has 0 radical (unpaired) electrons. The van der Waals surface area contributed by atoms with E-state index in [1.165, 1.54) is 11.1 Å². The number of carbonyl (C=O) groups is 1. The number of hydrogen-bond donors (Lipinski definition) is 0. The van der Waals surface area contributed by atoms with Crippen molar-refractivity contribution in [1.29, 1.82) is 0 Å². The van der Waals surface area contributed by atoms with Crippen molar-refractivity contribution in [3.8, 4) is 0 Å². The van der Waals surface area contributed by atoms with Crippen molar-refractivity contribution in [1.82, 2.24) is 0 Å². The summed E-state index contributed by atoms with van der Waals surface area (Å²) in [4.78, 5) is 11.2. The van der Waals surface area contributed by atoms with E-state index in [0.717, 1.165) is 19.1 Å². The molecule has 90 valence electrons. The smallest absolute Gasteiger partial charge is 0.127 e. The van der Waals surface area contributed by atoms with E-state index in [-0.39, 0.29) is 11.3 Å². The lowest BCUT2D eigenvalue weighted by Crippen LogP contribution is -2.36. The van der Waals surface area contributed by atoms with E-state index in [9.17, 15) is 4.79 Å². The van der Waals surface area contributed by atoms with Crippen LogP contribution in [-0.4, -0.2) is 6.29 Å². The maximum atomic E-state index is 11.2. The Labute approximate surface area is 99.6 Å². The van der Waals surface area contributed by atoms with Gasteiger partial charge in [-0.15, -0.1) is 0 Å². The number of allylic oxidation sites excluding steroid dienone is 4. The Morgan fingerprint density at radius 1 is 1.50 bits per heavy atom. The fourth-order valence-corrected chi connectivity index (χ4v) is 2.66. The molecule has 0 N–H and O–H groups in total. The topological polar surface area (TPSA) is 17.1 Å². The molecule has 0 aliphatic heterocycles. The van der Waals surface area contributed by atoms with Crippen molar-refractivity contribution in [2.45, 2.75) is 47.5 Å². The van der Waals surface area contributed by atoms with Gasteiger partial charge in [-0.25, -0.2) is 0 Å². The minimum absolute atomic E-state index is 0.0898. The van der Waals surface area contributed by atoms with Crippen molar-refractivity contribution in [3.05, 3.63) is 23.3 Å². The normalized spacial score (nSPS) is 28.2.